The Balaban J connectivity index is 1.55. The Hall–Kier alpha value is -3.24. The summed E-state index contributed by atoms with van der Waals surface area (Å²) in [5.41, 5.74) is 5.69. The van der Waals surface area contributed by atoms with Crippen molar-refractivity contribution in [2.75, 3.05) is 10.6 Å². The van der Waals surface area contributed by atoms with Crippen LogP contribution in [0.5, 0.6) is 11.5 Å². The number of anilines is 2. The lowest BCUT2D eigenvalue weighted by molar-refractivity contribution is -0.118. The molecule has 4 nitrogen and oxygen atoms in total. The Morgan fingerprint density at radius 2 is 1.61 bits per heavy atom. The average molecular weight is 459 g/mol. The topological polar surface area (TPSA) is 50.4 Å². The molecule has 3 aromatic carbocycles. The van der Waals surface area contributed by atoms with Gasteiger partial charge < -0.3 is 15.4 Å². The van der Waals surface area contributed by atoms with Crippen molar-refractivity contribution >= 4 is 28.8 Å². The van der Waals surface area contributed by atoms with Gasteiger partial charge in [-0.3, -0.25) is 4.79 Å². The number of carbonyl (C=O) groups excluding carboxylic acids is 1. The van der Waals surface area contributed by atoms with Crippen molar-refractivity contribution in [1.29, 1.82) is 0 Å². The third-order valence-corrected chi connectivity index (χ3v) is 6.50. The molecule has 3 aromatic rings. The fourth-order valence-electron chi connectivity index (χ4n) is 4.63. The molecule has 0 bridgehead atoms. The van der Waals surface area contributed by atoms with E-state index in [2.05, 4.69) is 31.4 Å². The zero-order valence-electron chi connectivity index (χ0n) is 19.0. The number of hydrogen-bond donors (Lipinski definition) is 2. The highest BCUT2D eigenvalue weighted by atomic mass is 35.5. The Bertz CT molecular complexity index is 1240. The predicted molar refractivity (Wildman–Crippen MR) is 134 cm³/mol. The second-order valence-corrected chi connectivity index (χ2v) is 10.1. The number of allylic oxidation sites excluding steroid dienone is 1. The van der Waals surface area contributed by atoms with Gasteiger partial charge in [-0.1, -0.05) is 55.3 Å². The van der Waals surface area contributed by atoms with Gasteiger partial charge in [-0.05, 0) is 60.7 Å². The van der Waals surface area contributed by atoms with Crippen LogP contribution in [0.3, 0.4) is 0 Å². The lowest BCUT2D eigenvalue weighted by Crippen LogP contribution is -2.31. The third-order valence-electron chi connectivity index (χ3n) is 6.25. The molecule has 1 aliphatic heterocycles. The molecule has 168 valence electrons. The van der Waals surface area contributed by atoms with Crippen molar-refractivity contribution in [2.45, 2.75) is 39.7 Å². The third kappa shape index (κ3) is 4.49. The molecule has 2 aliphatic rings. The lowest BCUT2D eigenvalue weighted by atomic mass is 9.73. The SMILES string of the molecule is Cc1ccc(Oc2ccc3c(c2)NC(c2ccc(Cl)cc2)C2=C(CC(C)(C)CC2=O)N3)cc1. The number of rotatable bonds is 3. The first-order valence-corrected chi connectivity index (χ1v) is 11.6. The van der Waals surface area contributed by atoms with E-state index in [9.17, 15) is 4.79 Å². The minimum atomic E-state index is -0.274. The number of benzene rings is 3. The van der Waals surface area contributed by atoms with E-state index >= 15 is 0 Å². The molecular formula is C28H27ClN2O2. The monoisotopic (exact) mass is 458 g/mol. The van der Waals surface area contributed by atoms with E-state index in [1.54, 1.807) is 0 Å². The molecule has 5 rings (SSSR count). The van der Waals surface area contributed by atoms with E-state index in [4.69, 9.17) is 16.3 Å². The molecule has 2 N–H and O–H groups in total. The summed E-state index contributed by atoms with van der Waals surface area (Å²) in [5, 5.41) is 7.87. The van der Waals surface area contributed by atoms with E-state index < -0.39 is 0 Å². The summed E-state index contributed by atoms with van der Waals surface area (Å²) in [6, 6.07) is 21.3. The van der Waals surface area contributed by atoms with Crippen LogP contribution in [0.4, 0.5) is 11.4 Å². The summed E-state index contributed by atoms with van der Waals surface area (Å²) < 4.78 is 6.10. The molecule has 33 heavy (non-hydrogen) atoms. The standard InChI is InChI=1S/C28H27ClN2O2/c1-17-4-10-20(11-5-17)33-21-12-13-22-23(14-21)31-27(18-6-8-19(29)9-7-18)26-24(30-22)15-28(2,3)16-25(26)32/h4-14,27,30-31H,15-16H2,1-3H3. The van der Waals surface area contributed by atoms with Crippen LogP contribution in [0.15, 0.2) is 78.0 Å². The Morgan fingerprint density at radius 3 is 2.33 bits per heavy atom. The smallest absolute Gasteiger partial charge is 0.163 e. The number of ketones is 1. The number of fused-ring (bicyclic) bond motifs is 1. The average Bonchev–Trinajstić information content (AvgIpc) is 2.91. The molecule has 0 spiro atoms. The van der Waals surface area contributed by atoms with Gasteiger partial charge in [0.25, 0.3) is 0 Å². The van der Waals surface area contributed by atoms with Crippen molar-refractivity contribution in [3.63, 3.8) is 0 Å². The van der Waals surface area contributed by atoms with Crippen molar-refractivity contribution in [3.05, 3.63) is 94.1 Å². The summed E-state index contributed by atoms with van der Waals surface area (Å²) in [6.07, 6.45) is 1.33. The van der Waals surface area contributed by atoms with Crippen LogP contribution in [0.2, 0.25) is 5.02 Å². The summed E-state index contributed by atoms with van der Waals surface area (Å²) in [5.74, 6) is 1.68. The second kappa shape index (κ2) is 8.27. The molecule has 0 saturated heterocycles. The molecule has 0 saturated carbocycles. The highest BCUT2D eigenvalue weighted by Crippen LogP contribution is 2.46. The Labute approximate surface area is 199 Å². The van der Waals surface area contributed by atoms with Gasteiger partial charge in [-0.25, -0.2) is 0 Å². The van der Waals surface area contributed by atoms with Crippen molar-refractivity contribution in [2.24, 2.45) is 5.41 Å². The van der Waals surface area contributed by atoms with E-state index in [1.165, 1.54) is 5.56 Å². The molecule has 1 unspecified atom stereocenters. The summed E-state index contributed by atoms with van der Waals surface area (Å²) in [6.45, 7) is 6.34. The van der Waals surface area contributed by atoms with Gasteiger partial charge in [-0.2, -0.15) is 0 Å². The van der Waals surface area contributed by atoms with E-state index in [1.807, 2.05) is 66.7 Å². The summed E-state index contributed by atoms with van der Waals surface area (Å²) in [4.78, 5) is 13.3. The van der Waals surface area contributed by atoms with Gasteiger partial charge in [0.15, 0.2) is 5.78 Å². The molecular weight excluding hydrogens is 432 g/mol. The van der Waals surface area contributed by atoms with Gasteiger partial charge in [0.1, 0.15) is 11.5 Å². The highest BCUT2D eigenvalue weighted by Gasteiger charge is 2.38. The molecule has 5 heteroatoms. The predicted octanol–water partition coefficient (Wildman–Crippen LogP) is 7.66. The fraction of sp³-hybridized carbons (Fsp3) is 0.250. The van der Waals surface area contributed by atoms with Crippen LogP contribution in [0.25, 0.3) is 0 Å². The van der Waals surface area contributed by atoms with Crippen LogP contribution < -0.4 is 15.4 Å². The van der Waals surface area contributed by atoms with Crippen LogP contribution >= 0.6 is 11.6 Å². The summed E-state index contributed by atoms with van der Waals surface area (Å²) in [7, 11) is 0. The van der Waals surface area contributed by atoms with Gasteiger partial charge >= 0.3 is 0 Å². The van der Waals surface area contributed by atoms with Crippen LogP contribution in [0, 0.1) is 12.3 Å². The molecule has 0 aromatic heterocycles. The van der Waals surface area contributed by atoms with Crippen LogP contribution in [-0.4, -0.2) is 5.78 Å². The number of hydrogen-bond acceptors (Lipinski definition) is 4. The van der Waals surface area contributed by atoms with Crippen LogP contribution in [0.1, 0.15) is 43.9 Å². The van der Waals surface area contributed by atoms with Crippen LogP contribution in [-0.2, 0) is 4.79 Å². The quantitative estimate of drug-likeness (QED) is 0.423. The van der Waals surface area contributed by atoms with E-state index in [0.29, 0.717) is 11.4 Å². The largest absolute Gasteiger partial charge is 0.457 e. The van der Waals surface area contributed by atoms with Gasteiger partial charge in [-0.15, -0.1) is 0 Å². The fourth-order valence-corrected chi connectivity index (χ4v) is 4.76. The first-order valence-electron chi connectivity index (χ1n) is 11.2. The lowest BCUT2D eigenvalue weighted by Gasteiger charge is -2.34. The molecule has 1 heterocycles. The molecule has 0 fully saturated rings. The Morgan fingerprint density at radius 1 is 0.909 bits per heavy atom. The molecule has 0 radical (unpaired) electrons. The second-order valence-electron chi connectivity index (χ2n) is 9.71. The maximum Gasteiger partial charge on any atom is 0.163 e. The van der Waals surface area contributed by atoms with Crippen molar-refractivity contribution < 1.29 is 9.53 Å². The van der Waals surface area contributed by atoms with Crippen molar-refractivity contribution in [1.82, 2.24) is 0 Å². The molecule has 1 aliphatic carbocycles. The number of ether oxygens (including phenoxy) is 1. The van der Waals surface area contributed by atoms with Gasteiger partial charge in [0, 0.05) is 28.8 Å². The number of aryl methyl sites for hydroxylation is 1. The minimum Gasteiger partial charge on any atom is -0.457 e. The normalized spacial score (nSPS) is 19.0. The van der Waals surface area contributed by atoms with Gasteiger partial charge in [0.2, 0.25) is 0 Å². The van der Waals surface area contributed by atoms with E-state index in [0.717, 1.165) is 46.1 Å². The first-order chi connectivity index (χ1) is 15.8. The van der Waals surface area contributed by atoms with E-state index in [-0.39, 0.29) is 17.2 Å². The zero-order valence-corrected chi connectivity index (χ0v) is 19.8. The number of Topliss-reactive ketones (excluding diaryl/α,β-unsaturated/α-hetero) is 1. The number of carbonyl (C=O) groups is 1. The maximum atomic E-state index is 13.3. The maximum absolute atomic E-state index is 13.3. The first kappa shape index (κ1) is 21.6. The number of nitrogens with one attached hydrogen (secondary N) is 2. The van der Waals surface area contributed by atoms with Crippen molar-refractivity contribution in [3.8, 4) is 11.5 Å². The molecule has 0 amide bonds. The summed E-state index contributed by atoms with van der Waals surface area (Å²) >= 11 is 6.15. The molecule has 1 atom stereocenters. The zero-order chi connectivity index (χ0) is 23.2. The minimum absolute atomic E-state index is 0.0908. The number of halogens is 1. The Kier molecular flexibility index (Phi) is 5.41. The van der Waals surface area contributed by atoms with Gasteiger partial charge in [0.05, 0.1) is 17.4 Å². The highest BCUT2D eigenvalue weighted by molar-refractivity contribution is 6.30.